The van der Waals surface area contributed by atoms with Crippen molar-refractivity contribution < 1.29 is 9.47 Å². The Hall–Kier alpha value is -1.32. The number of guanidine groups is 1. The number of rotatable bonds is 12. The first-order valence-electron chi connectivity index (χ1n) is 11.4. The molecule has 30 heavy (non-hydrogen) atoms. The number of hydrogen-bond acceptors (Lipinski definition) is 6. The van der Waals surface area contributed by atoms with Crippen molar-refractivity contribution in [3.63, 3.8) is 0 Å². The number of nitrogens with zero attached hydrogens (tertiary/aromatic N) is 4. The molecule has 3 rings (SSSR count). The van der Waals surface area contributed by atoms with Crippen molar-refractivity contribution in [1.82, 2.24) is 25.4 Å². The summed E-state index contributed by atoms with van der Waals surface area (Å²) in [6.45, 7) is 4.06. The van der Waals surface area contributed by atoms with Gasteiger partial charge in [-0.3, -0.25) is 4.99 Å². The third-order valence-corrected chi connectivity index (χ3v) is 6.43. The number of aliphatic imine (C=N–C) groups is 1. The maximum Gasteiger partial charge on any atom is 0.191 e. The van der Waals surface area contributed by atoms with Crippen molar-refractivity contribution in [3.05, 3.63) is 5.82 Å². The summed E-state index contributed by atoms with van der Waals surface area (Å²) in [5, 5.41) is 16.7. The van der Waals surface area contributed by atoms with Crippen molar-refractivity contribution in [3.8, 4) is 0 Å². The molecular weight excluding hydrogens is 400 g/mol. The highest BCUT2D eigenvalue weighted by Gasteiger charge is 2.23. The van der Waals surface area contributed by atoms with Crippen molar-refractivity contribution >= 4 is 17.7 Å². The van der Waals surface area contributed by atoms with E-state index >= 15 is 0 Å². The maximum absolute atomic E-state index is 5.70. The highest BCUT2D eigenvalue weighted by Crippen LogP contribution is 2.33. The van der Waals surface area contributed by atoms with Gasteiger partial charge in [0.25, 0.3) is 0 Å². The van der Waals surface area contributed by atoms with Crippen LogP contribution in [0.15, 0.2) is 10.1 Å². The van der Waals surface area contributed by atoms with Crippen LogP contribution in [0.2, 0.25) is 0 Å². The standard InChI is InChI=1S/C21H38N6O2S/c1-22-20(24-13-7-14-28-16-18-10-6-15-29-18)23-12-5-11-19-25-26-21(30-2)27(19)17-8-3-4-9-17/h17-18H,3-16H2,1-2H3,(H2,22,23,24). The summed E-state index contributed by atoms with van der Waals surface area (Å²) >= 11 is 1.70. The summed E-state index contributed by atoms with van der Waals surface area (Å²) in [5.41, 5.74) is 0. The van der Waals surface area contributed by atoms with Gasteiger partial charge in [0.05, 0.1) is 12.7 Å². The average Bonchev–Trinajstić information content (AvgIpc) is 3.53. The third-order valence-electron chi connectivity index (χ3n) is 5.79. The molecule has 0 bridgehead atoms. The molecule has 1 aromatic heterocycles. The van der Waals surface area contributed by atoms with Crippen molar-refractivity contribution in [1.29, 1.82) is 0 Å². The first kappa shape index (κ1) is 23.3. The molecule has 0 aromatic carbocycles. The van der Waals surface area contributed by atoms with Gasteiger partial charge in [0, 0.05) is 45.8 Å². The molecule has 1 saturated carbocycles. The van der Waals surface area contributed by atoms with Gasteiger partial charge in [0.15, 0.2) is 11.1 Å². The minimum Gasteiger partial charge on any atom is -0.379 e. The minimum atomic E-state index is 0.304. The predicted octanol–water partition coefficient (Wildman–Crippen LogP) is 2.80. The first-order chi connectivity index (χ1) is 14.8. The van der Waals surface area contributed by atoms with E-state index < -0.39 is 0 Å². The second kappa shape index (κ2) is 13.2. The first-order valence-corrected chi connectivity index (χ1v) is 12.7. The fourth-order valence-electron chi connectivity index (χ4n) is 4.19. The van der Waals surface area contributed by atoms with Crippen LogP contribution in [0.3, 0.4) is 0 Å². The molecule has 0 amide bonds. The summed E-state index contributed by atoms with van der Waals surface area (Å²) in [7, 11) is 1.81. The van der Waals surface area contributed by atoms with Gasteiger partial charge < -0.3 is 24.7 Å². The molecule has 8 nitrogen and oxygen atoms in total. The second-order valence-electron chi connectivity index (χ2n) is 8.00. The van der Waals surface area contributed by atoms with Gasteiger partial charge in [-0.1, -0.05) is 24.6 Å². The Labute approximate surface area is 185 Å². The lowest BCUT2D eigenvalue weighted by Gasteiger charge is -2.16. The van der Waals surface area contributed by atoms with Crippen molar-refractivity contribution in [2.75, 3.05) is 46.2 Å². The van der Waals surface area contributed by atoms with Crippen molar-refractivity contribution in [2.24, 2.45) is 4.99 Å². The molecule has 2 N–H and O–H groups in total. The molecule has 9 heteroatoms. The molecular formula is C21H38N6O2S. The number of thioether (sulfide) groups is 1. The van der Waals surface area contributed by atoms with E-state index in [4.69, 9.17) is 9.47 Å². The predicted molar refractivity (Wildman–Crippen MR) is 121 cm³/mol. The van der Waals surface area contributed by atoms with Crippen LogP contribution in [-0.2, 0) is 15.9 Å². The molecule has 1 aliphatic heterocycles. The van der Waals surface area contributed by atoms with Crippen LogP contribution in [0.5, 0.6) is 0 Å². The number of nitrogens with one attached hydrogen (secondary N) is 2. The lowest BCUT2D eigenvalue weighted by Crippen LogP contribution is -2.38. The van der Waals surface area contributed by atoms with E-state index in [2.05, 4.69) is 36.6 Å². The van der Waals surface area contributed by atoms with Crippen LogP contribution in [0.1, 0.15) is 63.2 Å². The summed E-state index contributed by atoms with van der Waals surface area (Å²) in [4.78, 5) is 4.31. The molecule has 1 saturated heterocycles. The Balaban J connectivity index is 1.29. The highest BCUT2D eigenvalue weighted by atomic mass is 32.2. The zero-order chi connectivity index (χ0) is 21.0. The van der Waals surface area contributed by atoms with Crippen LogP contribution < -0.4 is 10.6 Å². The lowest BCUT2D eigenvalue weighted by atomic mass is 10.2. The second-order valence-corrected chi connectivity index (χ2v) is 8.78. The van der Waals surface area contributed by atoms with Gasteiger partial charge in [-0.25, -0.2) is 0 Å². The Morgan fingerprint density at radius 3 is 2.67 bits per heavy atom. The van der Waals surface area contributed by atoms with Gasteiger partial charge in [-0.05, 0) is 44.8 Å². The number of ether oxygens (including phenoxy) is 2. The molecule has 2 aliphatic rings. The van der Waals surface area contributed by atoms with Crippen LogP contribution in [0.25, 0.3) is 0 Å². The molecule has 1 unspecified atom stereocenters. The van der Waals surface area contributed by atoms with Crippen LogP contribution in [0, 0.1) is 0 Å². The van der Waals surface area contributed by atoms with Gasteiger partial charge in [0.2, 0.25) is 0 Å². The number of hydrogen-bond donors (Lipinski definition) is 2. The minimum absolute atomic E-state index is 0.304. The van der Waals surface area contributed by atoms with Gasteiger partial charge in [0.1, 0.15) is 5.82 Å². The van der Waals surface area contributed by atoms with E-state index in [1.165, 1.54) is 25.7 Å². The van der Waals surface area contributed by atoms with Crippen LogP contribution in [0.4, 0.5) is 0 Å². The SMILES string of the molecule is CN=C(NCCCOCC1CCCO1)NCCCc1nnc(SC)n1C1CCCC1. The Kier molecular flexibility index (Phi) is 10.2. The molecule has 0 radical (unpaired) electrons. The Bertz CT molecular complexity index is 641. The number of aromatic nitrogens is 3. The normalized spacial score (nSPS) is 20.2. The fraction of sp³-hybridized carbons (Fsp3) is 0.857. The summed E-state index contributed by atoms with van der Waals surface area (Å²) in [5.74, 6) is 1.97. The Morgan fingerprint density at radius 2 is 1.97 bits per heavy atom. The van der Waals surface area contributed by atoms with Gasteiger partial charge in [-0.2, -0.15) is 0 Å². The van der Waals surface area contributed by atoms with Crippen molar-refractivity contribution in [2.45, 2.75) is 75.1 Å². The molecule has 1 atom stereocenters. The summed E-state index contributed by atoms with van der Waals surface area (Å²) in [6.07, 6.45) is 12.7. The zero-order valence-corrected chi connectivity index (χ0v) is 19.4. The molecule has 2 fully saturated rings. The summed E-state index contributed by atoms with van der Waals surface area (Å²) in [6, 6.07) is 0.585. The molecule has 0 spiro atoms. The molecule has 1 aromatic rings. The maximum atomic E-state index is 5.70. The topological polar surface area (TPSA) is 85.6 Å². The highest BCUT2D eigenvalue weighted by molar-refractivity contribution is 7.98. The quantitative estimate of drug-likeness (QED) is 0.225. The van der Waals surface area contributed by atoms with E-state index in [9.17, 15) is 0 Å². The largest absolute Gasteiger partial charge is 0.379 e. The van der Waals surface area contributed by atoms with Gasteiger partial charge >= 0.3 is 0 Å². The van der Waals surface area contributed by atoms with Crippen LogP contribution in [-0.4, -0.2) is 73.0 Å². The van der Waals surface area contributed by atoms with E-state index in [0.717, 1.165) is 82.0 Å². The Morgan fingerprint density at radius 1 is 1.17 bits per heavy atom. The van der Waals surface area contributed by atoms with E-state index in [1.807, 2.05) is 7.05 Å². The third kappa shape index (κ3) is 7.13. The number of aryl methyl sites for hydroxylation is 1. The smallest absolute Gasteiger partial charge is 0.191 e. The monoisotopic (exact) mass is 438 g/mol. The molecule has 170 valence electrons. The molecule has 1 aliphatic carbocycles. The average molecular weight is 439 g/mol. The van der Waals surface area contributed by atoms with E-state index in [1.54, 1.807) is 11.8 Å². The fourth-order valence-corrected chi connectivity index (χ4v) is 4.77. The zero-order valence-electron chi connectivity index (χ0n) is 18.6. The lowest BCUT2D eigenvalue weighted by molar-refractivity contribution is 0.0168. The van der Waals surface area contributed by atoms with E-state index in [-0.39, 0.29) is 0 Å². The van der Waals surface area contributed by atoms with Gasteiger partial charge in [-0.15, -0.1) is 10.2 Å². The van der Waals surface area contributed by atoms with E-state index in [0.29, 0.717) is 12.1 Å². The summed E-state index contributed by atoms with van der Waals surface area (Å²) < 4.78 is 13.7. The van der Waals surface area contributed by atoms with Crippen LogP contribution >= 0.6 is 11.8 Å². The molecule has 2 heterocycles.